The Morgan fingerprint density at radius 1 is 1.33 bits per heavy atom. The van der Waals surface area contributed by atoms with Gasteiger partial charge in [0.25, 0.3) is 0 Å². The highest BCUT2D eigenvalue weighted by Gasteiger charge is 2.17. The summed E-state index contributed by atoms with van der Waals surface area (Å²) < 4.78 is 28.6. The summed E-state index contributed by atoms with van der Waals surface area (Å²) in [5, 5.41) is 7.08. The minimum absolute atomic E-state index is 0.250. The zero-order valence-electron chi connectivity index (χ0n) is 12.7. The Bertz CT molecular complexity index is 521. The van der Waals surface area contributed by atoms with Crippen LogP contribution in [0, 0.1) is 5.92 Å². The number of aromatic nitrogens is 2. The molecule has 2 N–H and O–H groups in total. The van der Waals surface area contributed by atoms with Gasteiger partial charge in [-0.1, -0.05) is 25.7 Å². The van der Waals surface area contributed by atoms with Crippen LogP contribution < -0.4 is 10.0 Å². The summed E-state index contributed by atoms with van der Waals surface area (Å²) in [6.45, 7) is 1.93. The van der Waals surface area contributed by atoms with E-state index in [1.807, 2.05) is 7.05 Å². The van der Waals surface area contributed by atoms with Crippen LogP contribution >= 0.6 is 0 Å². The molecule has 0 aromatic carbocycles. The van der Waals surface area contributed by atoms with Crippen LogP contribution in [0.5, 0.6) is 0 Å². The summed E-state index contributed by atoms with van der Waals surface area (Å²) in [5.41, 5.74) is 0. The quantitative estimate of drug-likeness (QED) is 0.675. The van der Waals surface area contributed by atoms with Gasteiger partial charge in [-0.05, 0) is 25.8 Å². The van der Waals surface area contributed by atoms with Gasteiger partial charge in [-0.15, -0.1) is 0 Å². The minimum Gasteiger partial charge on any atom is -0.318 e. The summed E-state index contributed by atoms with van der Waals surface area (Å²) in [6, 6.07) is 0. The molecule has 2 rings (SSSR count). The molecule has 0 unspecified atom stereocenters. The molecule has 0 spiro atoms. The van der Waals surface area contributed by atoms with Gasteiger partial charge in [0.05, 0.1) is 12.7 Å². The molecule has 1 aromatic heterocycles. The molecule has 1 saturated carbocycles. The predicted molar refractivity (Wildman–Crippen MR) is 82.5 cm³/mol. The molecule has 6 nitrogen and oxygen atoms in total. The number of hydrogen-bond donors (Lipinski definition) is 2. The van der Waals surface area contributed by atoms with Gasteiger partial charge in [-0.25, -0.2) is 13.1 Å². The molecule has 0 atom stereocenters. The van der Waals surface area contributed by atoms with Crippen LogP contribution in [-0.2, 0) is 16.6 Å². The van der Waals surface area contributed by atoms with Crippen molar-refractivity contribution in [1.29, 1.82) is 0 Å². The Hall–Kier alpha value is -0.920. The van der Waals surface area contributed by atoms with Crippen LogP contribution in [0.25, 0.3) is 0 Å². The number of nitrogens with one attached hydrogen (secondary N) is 2. The third kappa shape index (κ3) is 5.09. The second-order valence-corrected chi connectivity index (χ2v) is 7.50. The molecular weight excluding hydrogens is 288 g/mol. The van der Waals surface area contributed by atoms with Crippen LogP contribution in [0.1, 0.15) is 38.5 Å². The second kappa shape index (κ2) is 7.91. The van der Waals surface area contributed by atoms with Crippen molar-refractivity contribution in [3.05, 3.63) is 12.4 Å². The molecule has 1 aliphatic rings. The van der Waals surface area contributed by atoms with E-state index in [1.54, 1.807) is 10.9 Å². The first-order valence-electron chi connectivity index (χ1n) is 7.78. The van der Waals surface area contributed by atoms with Crippen LogP contribution in [0.2, 0.25) is 0 Å². The van der Waals surface area contributed by atoms with Gasteiger partial charge in [0.1, 0.15) is 4.90 Å². The lowest BCUT2D eigenvalue weighted by Crippen LogP contribution is -2.25. The van der Waals surface area contributed by atoms with Crippen LogP contribution in [0.3, 0.4) is 0 Å². The van der Waals surface area contributed by atoms with E-state index in [0.29, 0.717) is 13.1 Å². The molecule has 0 aliphatic heterocycles. The van der Waals surface area contributed by atoms with E-state index >= 15 is 0 Å². The van der Waals surface area contributed by atoms with Crippen molar-refractivity contribution in [1.82, 2.24) is 19.8 Å². The van der Waals surface area contributed by atoms with Crippen LogP contribution in [-0.4, -0.2) is 38.3 Å². The van der Waals surface area contributed by atoms with Crippen LogP contribution in [0.15, 0.2) is 17.3 Å². The van der Waals surface area contributed by atoms with Gasteiger partial charge >= 0.3 is 0 Å². The van der Waals surface area contributed by atoms with E-state index in [9.17, 15) is 8.42 Å². The number of rotatable bonds is 9. The van der Waals surface area contributed by atoms with Crippen molar-refractivity contribution >= 4 is 10.0 Å². The zero-order valence-corrected chi connectivity index (χ0v) is 13.5. The van der Waals surface area contributed by atoms with Crippen molar-refractivity contribution in [2.24, 2.45) is 5.92 Å². The molecule has 0 bridgehead atoms. The van der Waals surface area contributed by atoms with E-state index in [-0.39, 0.29) is 4.90 Å². The second-order valence-electron chi connectivity index (χ2n) is 5.73. The monoisotopic (exact) mass is 314 g/mol. The zero-order chi connectivity index (χ0) is 15.1. The van der Waals surface area contributed by atoms with Crippen molar-refractivity contribution in [3.8, 4) is 0 Å². The van der Waals surface area contributed by atoms with Crippen molar-refractivity contribution in [3.63, 3.8) is 0 Å². The first kappa shape index (κ1) is 16.5. The summed E-state index contributed by atoms with van der Waals surface area (Å²) in [6.07, 6.45) is 10.3. The SMILES string of the molecule is CNCCn1cc(S(=O)(=O)NCCCC2CCCC2)cn1. The van der Waals surface area contributed by atoms with Crippen molar-refractivity contribution in [2.45, 2.75) is 50.0 Å². The Kier molecular flexibility index (Phi) is 6.20. The fourth-order valence-corrected chi connectivity index (χ4v) is 3.84. The summed E-state index contributed by atoms with van der Waals surface area (Å²) in [5.74, 6) is 0.804. The van der Waals surface area contributed by atoms with Crippen LogP contribution in [0.4, 0.5) is 0 Å². The standard InChI is InChI=1S/C14H26N4O2S/c1-15-9-10-18-12-14(11-16-18)21(19,20)17-8-4-7-13-5-2-3-6-13/h11-13,15,17H,2-10H2,1H3. The summed E-state index contributed by atoms with van der Waals surface area (Å²) in [7, 11) is -1.56. The van der Waals surface area contributed by atoms with Crippen molar-refractivity contribution in [2.75, 3.05) is 20.1 Å². The van der Waals surface area contributed by atoms with Gasteiger partial charge in [0, 0.05) is 19.3 Å². The molecule has 0 amide bonds. The van der Waals surface area contributed by atoms with Gasteiger partial charge in [0.15, 0.2) is 0 Å². The Labute approximate surface area is 127 Å². The van der Waals surface area contributed by atoms with E-state index in [0.717, 1.165) is 25.3 Å². The average Bonchev–Trinajstić information content (AvgIpc) is 3.13. The van der Waals surface area contributed by atoms with Gasteiger partial charge in [-0.2, -0.15) is 5.10 Å². The Balaban J connectivity index is 1.76. The van der Waals surface area contributed by atoms with E-state index < -0.39 is 10.0 Å². The molecule has 120 valence electrons. The highest BCUT2D eigenvalue weighted by Crippen LogP contribution is 2.28. The Morgan fingerprint density at radius 2 is 2.10 bits per heavy atom. The van der Waals surface area contributed by atoms with E-state index in [2.05, 4.69) is 15.1 Å². The number of hydrogen-bond acceptors (Lipinski definition) is 4. The van der Waals surface area contributed by atoms with Gasteiger partial charge in [-0.3, -0.25) is 4.68 Å². The van der Waals surface area contributed by atoms with E-state index in [4.69, 9.17) is 0 Å². The molecule has 1 fully saturated rings. The lowest BCUT2D eigenvalue weighted by molar-refractivity contribution is 0.480. The van der Waals surface area contributed by atoms with Gasteiger partial charge in [0.2, 0.25) is 10.0 Å². The number of sulfonamides is 1. The molecule has 1 aliphatic carbocycles. The summed E-state index contributed by atoms with van der Waals surface area (Å²) in [4.78, 5) is 0.250. The first-order valence-corrected chi connectivity index (χ1v) is 9.27. The maximum Gasteiger partial charge on any atom is 0.243 e. The highest BCUT2D eigenvalue weighted by molar-refractivity contribution is 7.89. The molecular formula is C14H26N4O2S. The molecule has 1 heterocycles. The summed E-state index contributed by atoms with van der Waals surface area (Å²) >= 11 is 0. The lowest BCUT2D eigenvalue weighted by atomic mass is 10.0. The fraction of sp³-hybridized carbons (Fsp3) is 0.786. The maximum atomic E-state index is 12.1. The molecule has 21 heavy (non-hydrogen) atoms. The highest BCUT2D eigenvalue weighted by atomic mass is 32.2. The smallest absolute Gasteiger partial charge is 0.243 e. The molecule has 7 heteroatoms. The average molecular weight is 314 g/mol. The topological polar surface area (TPSA) is 76.0 Å². The van der Waals surface area contributed by atoms with Crippen molar-refractivity contribution < 1.29 is 8.42 Å². The third-order valence-electron chi connectivity index (χ3n) is 4.07. The Morgan fingerprint density at radius 3 is 2.81 bits per heavy atom. The third-order valence-corrected chi connectivity index (χ3v) is 5.48. The molecule has 0 radical (unpaired) electrons. The number of likely N-dealkylation sites (N-methyl/N-ethyl adjacent to an activating group) is 1. The fourth-order valence-electron chi connectivity index (χ4n) is 2.81. The normalized spacial score (nSPS) is 16.6. The molecule has 1 aromatic rings. The lowest BCUT2D eigenvalue weighted by Gasteiger charge is -2.09. The predicted octanol–water partition coefficient (Wildman–Crippen LogP) is 1.35. The largest absolute Gasteiger partial charge is 0.318 e. The number of nitrogens with zero attached hydrogens (tertiary/aromatic N) is 2. The van der Waals surface area contributed by atoms with Gasteiger partial charge < -0.3 is 5.32 Å². The molecule has 0 saturated heterocycles. The first-order chi connectivity index (χ1) is 10.1. The van der Waals surface area contributed by atoms with E-state index in [1.165, 1.54) is 31.9 Å². The maximum absolute atomic E-state index is 12.1. The minimum atomic E-state index is -3.41.